The monoisotopic (exact) mass is 1340 g/mol. The van der Waals surface area contributed by atoms with E-state index in [2.05, 4.69) is 257 Å². The summed E-state index contributed by atoms with van der Waals surface area (Å²) in [6.45, 7) is 4.63. The number of halogens is 2. The Morgan fingerprint density at radius 1 is 0.205 bits per heavy atom. The average molecular weight is 1340 g/mol. The minimum absolute atomic E-state index is 0.00563. The van der Waals surface area contributed by atoms with Crippen molar-refractivity contribution in [2.75, 3.05) is 8.86 Å². The van der Waals surface area contributed by atoms with Gasteiger partial charge in [-0.2, -0.15) is 0 Å². The Balaban J connectivity index is 0.870. The van der Waals surface area contributed by atoms with E-state index in [1.165, 1.54) is 236 Å². The van der Waals surface area contributed by atoms with Crippen molar-refractivity contribution in [3.63, 3.8) is 0 Å². The van der Waals surface area contributed by atoms with E-state index in [4.69, 9.17) is 0 Å². The summed E-state index contributed by atoms with van der Waals surface area (Å²) in [6, 6.07) is 95.1. The van der Waals surface area contributed by atoms with Crippen LogP contribution in [0.2, 0.25) is 0 Å². The van der Waals surface area contributed by atoms with Crippen molar-refractivity contribution in [1.29, 1.82) is 0 Å². The predicted octanol–water partition coefficient (Wildman–Crippen LogP) is 18.1. The third-order valence-corrected chi connectivity index (χ3v) is 26.6. The van der Waals surface area contributed by atoms with Crippen LogP contribution in [0.4, 0.5) is 0 Å². The first-order valence-electron chi connectivity index (χ1n) is 31.3. The molecule has 0 radical (unpaired) electrons. The molecule has 19 aromatic rings. The van der Waals surface area contributed by atoms with Crippen molar-refractivity contribution in [2.45, 2.75) is 26.7 Å². The Morgan fingerprint density at radius 3 is 0.898 bits per heavy atom. The molecule has 2 heteroatoms. The summed E-state index contributed by atoms with van der Waals surface area (Å²) in [5.41, 5.74) is 16.0. The van der Waals surface area contributed by atoms with E-state index in [1.54, 1.807) is 0 Å². The molecule has 0 spiro atoms. The summed E-state index contributed by atoms with van der Waals surface area (Å²) in [4.78, 5) is 0. The average Bonchev–Trinajstić information content (AvgIpc) is 1.42. The molecule has 0 N–H and O–H groups in total. The van der Waals surface area contributed by atoms with Crippen LogP contribution in [0, 0.1) is 7.14 Å². The number of hydrogen-bond donors (Lipinski definition) is 0. The summed E-state index contributed by atoms with van der Waals surface area (Å²) in [7, 11) is 0. The molecule has 20 rings (SSSR count). The third kappa shape index (κ3) is 6.59. The first-order chi connectivity index (χ1) is 43.6. The maximum absolute atomic E-state index is 2.51. The second-order valence-corrected chi connectivity index (χ2v) is 30.8. The van der Waals surface area contributed by atoms with Crippen LogP contribution in [0.15, 0.2) is 243 Å². The van der Waals surface area contributed by atoms with Crippen molar-refractivity contribution < 1.29 is 42.4 Å². The second kappa shape index (κ2) is 18.8. The molecule has 1 aliphatic carbocycles. The van der Waals surface area contributed by atoms with Gasteiger partial charge in [-0.05, 0) is 114 Å². The van der Waals surface area contributed by atoms with Crippen LogP contribution < -0.4 is 42.4 Å². The number of hydrogen-bond acceptors (Lipinski definition) is 0. The number of rotatable bonds is 10. The van der Waals surface area contributed by atoms with Crippen molar-refractivity contribution in [1.82, 2.24) is 0 Å². The molecule has 19 aromatic carbocycles. The van der Waals surface area contributed by atoms with Gasteiger partial charge in [-0.25, -0.2) is 0 Å². The zero-order valence-corrected chi connectivity index (χ0v) is 53.0. The fraction of sp³-hybridized carbons (Fsp3) is 0.0698. The summed E-state index contributed by atoms with van der Waals surface area (Å²) < 4.78 is 5.67. The molecular formula is C86H54I2-2. The van der Waals surface area contributed by atoms with Crippen LogP contribution in [-0.4, -0.2) is 8.86 Å². The van der Waals surface area contributed by atoms with Gasteiger partial charge in [0.1, 0.15) is 0 Å². The van der Waals surface area contributed by atoms with Gasteiger partial charge < -0.3 is 0 Å². The molecule has 88 heavy (non-hydrogen) atoms. The molecule has 0 fully saturated rings. The molecule has 0 aromatic heterocycles. The third-order valence-electron chi connectivity index (χ3n) is 20.1. The topological polar surface area (TPSA) is 0 Å². The number of fused-ring (bicyclic) bond motifs is 14. The van der Waals surface area contributed by atoms with E-state index in [9.17, 15) is 0 Å². The fourth-order valence-corrected chi connectivity index (χ4v) is 20.9. The predicted molar refractivity (Wildman–Crippen MR) is 373 cm³/mol. The molecule has 414 valence electrons. The molecule has 0 nitrogen and oxygen atoms in total. The van der Waals surface area contributed by atoms with Crippen LogP contribution in [-0.2, 0) is 0 Å². The number of benzene rings is 17. The van der Waals surface area contributed by atoms with E-state index < -0.39 is 0 Å². The molecule has 0 amide bonds. The normalized spacial score (nSPS) is 12.8. The first-order valence-corrected chi connectivity index (χ1v) is 36.5. The molecule has 1 aliphatic rings. The van der Waals surface area contributed by atoms with Gasteiger partial charge in [-0.3, -0.25) is 0 Å². The van der Waals surface area contributed by atoms with Gasteiger partial charge in [0.25, 0.3) is 0 Å². The molecule has 0 saturated heterocycles. The van der Waals surface area contributed by atoms with E-state index in [0.29, 0.717) is 0 Å². The van der Waals surface area contributed by atoms with E-state index in [-0.39, 0.29) is 42.4 Å². The van der Waals surface area contributed by atoms with Gasteiger partial charge in [0.15, 0.2) is 0 Å². The summed E-state index contributed by atoms with van der Waals surface area (Å²) in [5.74, 6) is 0. The molecule has 0 saturated carbocycles. The first kappa shape index (κ1) is 50.1. The van der Waals surface area contributed by atoms with Crippen molar-refractivity contribution in [3.8, 4) is 66.8 Å². The fourth-order valence-electron chi connectivity index (χ4n) is 16.9. The maximum atomic E-state index is 2.51. The summed E-state index contributed by atoms with van der Waals surface area (Å²) in [6.07, 6.45) is 2.49. The van der Waals surface area contributed by atoms with Crippen LogP contribution in [0.25, 0.3) is 207 Å². The SMILES string of the molecule is CCC[I-]c1ccc(-c2c3c(c(-c4ccc([I-]CCC)cc4)c4ccccc24)-c2ccc4c5ccc6c7ccc8c9c(-c%10ccccc%10)c%10c%11cccc%12cccc(c%10c(-c%10ccccc%10)c9c9ccc(c%10ccc(c%13ccc-3c2c%134)c5c%106)c7c98)c%12%11)cc1. The van der Waals surface area contributed by atoms with E-state index in [1.807, 2.05) is 0 Å². The van der Waals surface area contributed by atoms with Crippen molar-refractivity contribution in [3.05, 3.63) is 250 Å². The van der Waals surface area contributed by atoms with Crippen LogP contribution in [0.5, 0.6) is 0 Å². The van der Waals surface area contributed by atoms with Gasteiger partial charge in [0.2, 0.25) is 0 Å². The van der Waals surface area contributed by atoms with Gasteiger partial charge >= 0.3 is 287 Å². The van der Waals surface area contributed by atoms with E-state index in [0.717, 1.165) is 0 Å². The Hall–Kier alpha value is -8.94. The zero-order chi connectivity index (χ0) is 57.6. The van der Waals surface area contributed by atoms with Crippen molar-refractivity contribution >= 4 is 140 Å². The Morgan fingerprint density at radius 2 is 0.511 bits per heavy atom. The van der Waals surface area contributed by atoms with E-state index >= 15 is 0 Å². The molecule has 0 bridgehead atoms. The van der Waals surface area contributed by atoms with Crippen LogP contribution in [0.1, 0.15) is 26.7 Å². The molecule has 0 heterocycles. The molecule has 0 aliphatic heterocycles. The molecule has 0 unspecified atom stereocenters. The second-order valence-electron chi connectivity index (χ2n) is 24.6. The van der Waals surface area contributed by atoms with Crippen molar-refractivity contribution in [2.24, 2.45) is 0 Å². The van der Waals surface area contributed by atoms with Gasteiger partial charge in [-0.15, -0.1) is 0 Å². The standard InChI is InChI=1S/C86H54I2/c1-3-45-87-52-29-25-50(26-30-52)71-54-21-11-12-22-55(54)72(51-27-31-53(32-28-51)88-46-4-2)82-67-42-38-61-57-34-36-59-63-40-44-69-80-68(43-39-62(78(63)80)58-35-33-56(75(57)76(58)59)60-37-41-66(81(71)82)79(67)77(60)61)85-73(48-15-7-5-8-16-48)83-64-23-13-19-47-20-14-24-65(70(47)64)84(83)74(86(69)85)49-17-9-6-10-18-49/h5-44H,3-4,45-46H2,1-2H3/q-2. The van der Waals surface area contributed by atoms with Crippen LogP contribution in [0.3, 0.4) is 0 Å². The number of alkyl halides is 2. The summed E-state index contributed by atoms with van der Waals surface area (Å²) in [5, 5.41) is 34.9. The quantitative estimate of drug-likeness (QED) is 0.0554. The van der Waals surface area contributed by atoms with Gasteiger partial charge in [0.05, 0.1) is 0 Å². The Labute approximate surface area is 529 Å². The summed E-state index contributed by atoms with van der Waals surface area (Å²) >= 11 is -0.0113. The van der Waals surface area contributed by atoms with Gasteiger partial charge in [0, 0.05) is 0 Å². The van der Waals surface area contributed by atoms with Gasteiger partial charge in [-0.1, -0.05) is 133 Å². The Kier molecular flexibility index (Phi) is 10.7. The Bertz CT molecular complexity index is 5780. The molecule has 0 atom stereocenters. The minimum atomic E-state index is -0.00563. The van der Waals surface area contributed by atoms with Crippen LogP contribution >= 0.6 is 0 Å². The molecular weight excluding hydrogens is 1290 g/mol. The zero-order valence-electron chi connectivity index (χ0n) is 48.7.